The van der Waals surface area contributed by atoms with Gasteiger partial charge in [-0.15, -0.1) is 0 Å². The third-order valence-electron chi connectivity index (χ3n) is 4.51. The van der Waals surface area contributed by atoms with Gasteiger partial charge in [-0.2, -0.15) is 13.2 Å². The first-order valence-electron chi connectivity index (χ1n) is 8.79. The van der Waals surface area contributed by atoms with Gasteiger partial charge in [-0.25, -0.2) is 0 Å². The highest BCUT2D eigenvalue weighted by Crippen LogP contribution is 2.34. The monoisotopic (exact) mass is 404 g/mol. The quantitative estimate of drug-likeness (QED) is 0.637. The number of aromatic nitrogens is 1. The van der Waals surface area contributed by atoms with Gasteiger partial charge >= 0.3 is 6.18 Å². The Labute approximate surface area is 165 Å². The zero-order valence-electron chi connectivity index (χ0n) is 16.0. The summed E-state index contributed by atoms with van der Waals surface area (Å²) in [5.74, 6) is 0.196. The van der Waals surface area contributed by atoms with E-state index in [4.69, 9.17) is 9.26 Å². The third kappa shape index (κ3) is 4.42. The van der Waals surface area contributed by atoms with Crippen molar-refractivity contribution in [2.24, 2.45) is 0 Å². The van der Waals surface area contributed by atoms with Crippen molar-refractivity contribution in [1.29, 1.82) is 0 Å². The molecule has 1 amide bonds. The molecule has 0 fully saturated rings. The molecule has 0 aliphatic heterocycles. The van der Waals surface area contributed by atoms with Gasteiger partial charge in [0.2, 0.25) is 0 Å². The summed E-state index contributed by atoms with van der Waals surface area (Å²) in [5, 5.41) is 6.60. The number of hydrogen-bond donors (Lipinski definition) is 1. The number of ether oxygens (including phenoxy) is 1. The number of carbonyl (C=O) groups is 1. The molecule has 1 unspecified atom stereocenters. The molecule has 152 valence electrons. The average Bonchev–Trinajstić information content (AvgIpc) is 3.09. The maximum atomic E-state index is 13.0. The Balaban J connectivity index is 1.88. The first kappa shape index (κ1) is 20.4. The number of halogens is 3. The van der Waals surface area contributed by atoms with Crippen molar-refractivity contribution >= 4 is 5.91 Å². The highest BCUT2D eigenvalue weighted by atomic mass is 19.4. The Morgan fingerprint density at radius 2 is 1.86 bits per heavy atom. The van der Waals surface area contributed by atoms with Crippen molar-refractivity contribution < 1.29 is 27.2 Å². The van der Waals surface area contributed by atoms with Crippen molar-refractivity contribution in [2.45, 2.75) is 26.1 Å². The Morgan fingerprint density at radius 1 is 1.17 bits per heavy atom. The number of hydrogen-bond acceptors (Lipinski definition) is 4. The molecule has 0 aliphatic carbocycles. The number of amides is 1. The van der Waals surface area contributed by atoms with Crippen LogP contribution in [-0.2, 0) is 6.18 Å². The number of rotatable bonds is 5. The summed E-state index contributed by atoms with van der Waals surface area (Å²) < 4.78 is 49.4. The van der Waals surface area contributed by atoms with E-state index in [9.17, 15) is 18.0 Å². The van der Waals surface area contributed by atoms with Crippen molar-refractivity contribution in [2.75, 3.05) is 7.11 Å². The summed E-state index contributed by atoms with van der Waals surface area (Å²) in [4.78, 5) is 12.9. The maximum Gasteiger partial charge on any atom is 0.416 e. The molecule has 1 atom stereocenters. The van der Waals surface area contributed by atoms with E-state index in [2.05, 4.69) is 10.5 Å². The lowest BCUT2D eigenvalue weighted by Gasteiger charge is -2.15. The van der Waals surface area contributed by atoms with Crippen LogP contribution in [0.15, 0.2) is 53.1 Å². The van der Waals surface area contributed by atoms with E-state index in [1.54, 1.807) is 33.1 Å². The van der Waals surface area contributed by atoms with Crippen LogP contribution >= 0.6 is 0 Å². The van der Waals surface area contributed by atoms with Crippen LogP contribution in [0, 0.1) is 6.92 Å². The molecule has 0 saturated heterocycles. The highest BCUT2D eigenvalue weighted by Gasteiger charge is 2.31. The van der Waals surface area contributed by atoms with Crippen LogP contribution in [0.2, 0.25) is 0 Å². The first-order valence-corrected chi connectivity index (χ1v) is 8.79. The Hall–Kier alpha value is -3.29. The smallest absolute Gasteiger partial charge is 0.416 e. The van der Waals surface area contributed by atoms with Gasteiger partial charge in [0.25, 0.3) is 5.91 Å². The van der Waals surface area contributed by atoms with E-state index >= 15 is 0 Å². The van der Waals surface area contributed by atoms with E-state index in [1.165, 1.54) is 12.1 Å². The van der Waals surface area contributed by atoms with Gasteiger partial charge in [-0.1, -0.05) is 29.4 Å². The fraction of sp³-hybridized carbons (Fsp3) is 0.238. The predicted octanol–water partition coefficient (Wildman–Crippen LogP) is 5.17. The van der Waals surface area contributed by atoms with Crippen LogP contribution in [-0.4, -0.2) is 18.2 Å². The summed E-state index contributed by atoms with van der Waals surface area (Å²) >= 11 is 0. The predicted molar refractivity (Wildman–Crippen MR) is 101 cm³/mol. The van der Waals surface area contributed by atoms with Crippen molar-refractivity contribution in [3.8, 4) is 17.1 Å². The van der Waals surface area contributed by atoms with Gasteiger partial charge in [0.1, 0.15) is 11.3 Å². The Bertz CT molecular complexity index is 1010. The number of nitrogens with one attached hydrogen (secondary N) is 1. The van der Waals surface area contributed by atoms with Crippen molar-refractivity contribution in [3.05, 3.63) is 70.9 Å². The van der Waals surface area contributed by atoms with Gasteiger partial charge in [-0.05, 0) is 43.7 Å². The topological polar surface area (TPSA) is 64.4 Å². The molecule has 3 rings (SSSR count). The molecule has 2 aromatic carbocycles. The molecule has 0 spiro atoms. The molecule has 0 saturated carbocycles. The van der Waals surface area contributed by atoms with Gasteiger partial charge < -0.3 is 14.6 Å². The fourth-order valence-electron chi connectivity index (χ4n) is 2.92. The van der Waals surface area contributed by atoms with Crippen LogP contribution < -0.4 is 10.1 Å². The third-order valence-corrected chi connectivity index (χ3v) is 4.51. The normalized spacial score (nSPS) is 12.5. The highest BCUT2D eigenvalue weighted by molar-refractivity contribution is 6.00. The molecule has 3 aromatic rings. The van der Waals surface area contributed by atoms with Gasteiger partial charge in [0, 0.05) is 5.56 Å². The van der Waals surface area contributed by atoms with Crippen molar-refractivity contribution in [1.82, 2.24) is 10.5 Å². The van der Waals surface area contributed by atoms with Crippen LogP contribution in [0.5, 0.6) is 5.75 Å². The van der Waals surface area contributed by atoms with Gasteiger partial charge in [0.05, 0.1) is 24.4 Å². The van der Waals surface area contributed by atoms with Crippen LogP contribution in [0.3, 0.4) is 0 Å². The van der Waals surface area contributed by atoms with E-state index in [0.29, 0.717) is 5.75 Å². The van der Waals surface area contributed by atoms with Crippen LogP contribution in [0.25, 0.3) is 11.3 Å². The molecule has 1 heterocycles. The van der Waals surface area contributed by atoms with Crippen LogP contribution in [0.1, 0.15) is 40.1 Å². The second-order valence-electron chi connectivity index (χ2n) is 6.52. The summed E-state index contributed by atoms with van der Waals surface area (Å²) in [7, 11) is 1.56. The van der Waals surface area contributed by atoms with E-state index in [-0.39, 0.29) is 28.6 Å². The zero-order chi connectivity index (χ0) is 21.2. The maximum absolute atomic E-state index is 13.0. The lowest BCUT2D eigenvalue weighted by molar-refractivity contribution is -0.137. The largest absolute Gasteiger partial charge is 0.497 e. The first-order chi connectivity index (χ1) is 13.7. The van der Waals surface area contributed by atoms with Crippen LogP contribution in [0.4, 0.5) is 13.2 Å². The number of carbonyl (C=O) groups excluding carboxylic acids is 1. The lowest BCUT2D eigenvalue weighted by atomic mass is 10.0. The number of methoxy groups -OCH3 is 1. The van der Waals surface area contributed by atoms with E-state index in [0.717, 1.165) is 17.7 Å². The summed E-state index contributed by atoms with van der Waals surface area (Å²) in [6.07, 6.45) is -4.50. The number of aryl methyl sites for hydroxylation is 1. The van der Waals surface area contributed by atoms with Gasteiger partial charge in [-0.3, -0.25) is 4.79 Å². The summed E-state index contributed by atoms with van der Waals surface area (Å²) in [6, 6.07) is 11.4. The Morgan fingerprint density at radius 3 is 2.48 bits per heavy atom. The molecule has 1 N–H and O–H groups in total. The summed E-state index contributed by atoms with van der Waals surface area (Å²) in [5.41, 5.74) is 0.528. The SMILES string of the molecule is COc1ccc(C(C)NC(=O)c2c(C)noc2-c2cccc(C(F)(F)F)c2)cc1. The molecule has 29 heavy (non-hydrogen) atoms. The van der Waals surface area contributed by atoms with Gasteiger partial charge in [0.15, 0.2) is 5.76 Å². The fourth-order valence-corrected chi connectivity index (χ4v) is 2.92. The zero-order valence-corrected chi connectivity index (χ0v) is 16.0. The Kier molecular flexibility index (Phi) is 5.63. The number of nitrogens with zero attached hydrogens (tertiary/aromatic N) is 1. The minimum Gasteiger partial charge on any atom is -0.497 e. The standard InChI is InChI=1S/C21H19F3N2O3/c1-12(14-7-9-17(28-3)10-8-14)25-20(27)18-13(2)26-29-19(18)15-5-4-6-16(11-15)21(22,23)24/h4-12H,1-3H3,(H,25,27). The molecule has 1 aromatic heterocycles. The summed E-state index contributed by atoms with van der Waals surface area (Å²) in [6.45, 7) is 3.36. The van der Waals surface area contributed by atoms with Crippen molar-refractivity contribution in [3.63, 3.8) is 0 Å². The number of alkyl halides is 3. The molecule has 0 radical (unpaired) electrons. The van der Waals surface area contributed by atoms with E-state index < -0.39 is 17.6 Å². The molecular formula is C21H19F3N2O3. The molecule has 8 heteroatoms. The molecule has 5 nitrogen and oxygen atoms in total. The average molecular weight is 404 g/mol. The number of benzene rings is 2. The second kappa shape index (κ2) is 7.98. The minimum absolute atomic E-state index is 0.00645. The molecule has 0 bridgehead atoms. The molecular weight excluding hydrogens is 385 g/mol. The lowest BCUT2D eigenvalue weighted by Crippen LogP contribution is -2.27. The van der Waals surface area contributed by atoms with E-state index in [1.807, 2.05) is 12.1 Å². The minimum atomic E-state index is -4.50. The molecule has 0 aliphatic rings. The second-order valence-corrected chi connectivity index (χ2v) is 6.52.